The summed E-state index contributed by atoms with van der Waals surface area (Å²) in [6.07, 6.45) is 1.76. The molecular weight excluding hydrogens is 322 g/mol. The Morgan fingerprint density at radius 3 is 2.38 bits per heavy atom. The smallest absolute Gasteiger partial charge is 0.241 e. The second-order valence-electron chi connectivity index (χ2n) is 6.18. The number of benzene rings is 2. The molecule has 0 amide bonds. The summed E-state index contributed by atoms with van der Waals surface area (Å²) in [4.78, 5) is 4.50. The summed E-state index contributed by atoms with van der Waals surface area (Å²) in [5, 5.41) is 15.1. The van der Waals surface area contributed by atoms with Crippen molar-refractivity contribution in [3.8, 4) is 17.2 Å². The zero-order chi connectivity index (χ0) is 17.5. The van der Waals surface area contributed by atoms with Crippen molar-refractivity contribution in [3.63, 3.8) is 0 Å². The molecule has 124 valence electrons. The van der Waals surface area contributed by atoms with Gasteiger partial charge >= 0.3 is 0 Å². The van der Waals surface area contributed by atoms with Crippen molar-refractivity contribution in [1.29, 1.82) is 0 Å². The van der Waals surface area contributed by atoms with E-state index in [1.54, 1.807) is 6.20 Å². The lowest BCUT2D eigenvalue weighted by molar-refractivity contribution is -0.565. The molecule has 2 aromatic carbocycles. The summed E-state index contributed by atoms with van der Waals surface area (Å²) in [7, 11) is 0. The Labute approximate surface area is 150 Å². The molecule has 0 atom stereocenters. The maximum Gasteiger partial charge on any atom is 0.241 e. The Morgan fingerprint density at radius 1 is 0.769 bits per heavy atom. The first-order valence-corrected chi connectivity index (χ1v) is 8.46. The van der Waals surface area contributed by atoms with Crippen molar-refractivity contribution in [3.05, 3.63) is 96.3 Å². The lowest BCUT2D eigenvalue weighted by Crippen LogP contribution is -2.30. The van der Waals surface area contributed by atoms with Gasteiger partial charge in [0.1, 0.15) is 11.5 Å². The minimum absolute atomic E-state index is 0.602. The Kier molecular flexibility index (Phi) is 3.22. The zero-order valence-electron chi connectivity index (χ0n) is 13.9. The molecule has 0 N–H and O–H groups in total. The minimum atomic E-state index is 0.602. The molecule has 4 nitrogen and oxygen atoms in total. The summed E-state index contributed by atoms with van der Waals surface area (Å²) in [5.74, 6) is 0.789. The van der Waals surface area contributed by atoms with Gasteiger partial charge in [-0.15, -0.1) is 0 Å². The number of fused-ring (bicyclic) bond motifs is 2. The highest BCUT2D eigenvalue weighted by Gasteiger charge is 2.20. The Hall–Kier alpha value is -3.66. The molecule has 0 radical (unpaired) electrons. The third kappa shape index (κ3) is 2.16. The van der Waals surface area contributed by atoms with Gasteiger partial charge in [-0.05, 0) is 36.4 Å². The fourth-order valence-electron chi connectivity index (χ4n) is 3.45. The monoisotopic (exact) mass is 337 g/mol. The minimum Gasteiger partial charge on any atom is -0.618 e. The van der Waals surface area contributed by atoms with Gasteiger partial charge in [-0.3, -0.25) is 4.57 Å². The topological polar surface area (TPSA) is 44.8 Å². The Balaban J connectivity index is 1.87. The van der Waals surface area contributed by atoms with Crippen LogP contribution in [0.25, 0.3) is 39.0 Å². The number of hydrogen-bond acceptors (Lipinski definition) is 2. The normalized spacial score (nSPS) is 11.2. The van der Waals surface area contributed by atoms with Crippen LogP contribution in [0.15, 0.2) is 91.1 Å². The Bertz CT molecular complexity index is 1240. The summed E-state index contributed by atoms with van der Waals surface area (Å²) in [6, 6.07) is 27.4. The predicted molar refractivity (Wildman–Crippen MR) is 103 cm³/mol. The summed E-state index contributed by atoms with van der Waals surface area (Å²) in [6.45, 7) is 0. The first kappa shape index (κ1) is 14.7. The summed E-state index contributed by atoms with van der Waals surface area (Å²) in [5.41, 5.74) is 3.10. The molecule has 4 heteroatoms. The molecule has 5 aromatic rings. The van der Waals surface area contributed by atoms with Gasteiger partial charge in [0.15, 0.2) is 0 Å². The van der Waals surface area contributed by atoms with E-state index in [-0.39, 0.29) is 0 Å². The van der Waals surface area contributed by atoms with E-state index in [9.17, 15) is 5.21 Å². The average molecular weight is 337 g/mol. The highest BCUT2D eigenvalue weighted by molar-refractivity contribution is 5.88. The van der Waals surface area contributed by atoms with Crippen LogP contribution in [0.2, 0.25) is 0 Å². The van der Waals surface area contributed by atoms with Gasteiger partial charge in [0, 0.05) is 29.1 Å². The molecule has 0 unspecified atom stereocenters. The second-order valence-corrected chi connectivity index (χ2v) is 6.18. The van der Waals surface area contributed by atoms with E-state index in [0.29, 0.717) is 11.2 Å². The third-order valence-electron chi connectivity index (χ3n) is 4.65. The van der Waals surface area contributed by atoms with E-state index in [1.165, 1.54) is 0 Å². The Morgan fingerprint density at radius 2 is 1.54 bits per heavy atom. The molecule has 3 heterocycles. The van der Waals surface area contributed by atoms with Crippen LogP contribution in [0.1, 0.15) is 0 Å². The second kappa shape index (κ2) is 5.70. The van der Waals surface area contributed by atoms with Gasteiger partial charge in [-0.1, -0.05) is 36.4 Å². The highest BCUT2D eigenvalue weighted by atomic mass is 16.5. The van der Waals surface area contributed by atoms with E-state index >= 15 is 0 Å². The van der Waals surface area contributed by atoms with Crippen molar-refractivity contribution < 1.29 is 4.73 Å². The fourth-order valence-corrected chi connectivity index (χ4v) is 3.45. The van der Waals surface area contributed by atoms with E-state index < -0.39 is 0 Å². The molecule has 0 saturated heterocycles. The summed E-state index contributed by atoms with van der Waals surface area (Å²) < 4.78 is 3.04. The van der Waals surface area contributed by atoms with Gasteiger partial charge in [-0.25, -0.2) is 4.98 Å². The molecule has 3 aromatic heterocycles. The standard InChI is InChI=1S/C22H15N3O/c26-25-19-10-4-1-7-16(19)12-13-20(25)21-15-17-8-2-3-9-18(17)24(21)22-11-5-6-14-23-22/h1-15H. The molecule has 0 spiro atoms. The van der Waals surface area contributed by atoms with Crippen LogP contribution in [0.5, 0.6) is 0 Å². The van der Waals surface area contributed by atoms with Crippen LogP contribution >= 0.6 is 0 Å². The van der Waals surface area contributed by atoms with Crippen LogP contribution < -0.4 is 4.73 Å². The first-order chi connectivity index (χ1) is 12.8. The van der Waals surface area contributed by atoms with Crippen molar-refractivity contribution in [2.24, 2.45) is 0 Å². The van der Waals surface area contributed by atoms with E-state index in [2.05, 4.69) is 11.1 Å². The zero-order valence-corrected chi connectivity index (χ0v) is 13.9. The fraction of sp³-hybridized carbons (Fsp3) is 0. The van der Waals surface area contributed by atoms with E-state index in [1.807, 2.05) is 83.4 Å². The molecule has 0 aliphatic heterocycles. The summed E-state index contributed by atoms with van der Waals surface area (Å²) >= 11 is 0. The van der Waals surface area contributed by atoms with E-state index in [0.717, 1.165) is 32.5 Å². The van der Waals surface area contributed by atoms with Gasteiger partial charge in [0.05, 0.1) is 5.52 Å². The number of aromatic nitrogens is 3. The van der Waals surface area contributed by atoms with Crippen molar-refractivity contribution in [2.45, 2.75) is 0 Å². The van der Waals surface area contributed by atoms with Crippen LogP contribution in [0, 0.1) is 5.21 Å². The number of para-hydroxylation sites is 2. The van der Waals surface area contributed by atoms with Crippen LogP contribution in [0.4, 0.5) is 0 Å². The number of rotatable bonds is 2. The van der Waals surface area contributed by atoms with Gasteiger partial charge < -0.3 is 5.21 Å². The van der Waals surface area contributed by atoms with Gasteiger partial charge in [-0.2, -0.15) is 4.73 Å². The maximum atomic E-state index is 13.1. The molecule has 0 saturated carbocycles. The molecule has 0 aliphatic rings. The van der Waals surface area contributed by atoms with E-state index in [4.69, 9.17) is 0 Å². The van der Waals surface area contributed by atoms with Crippen LogP contribution in [-0.4, -0.2) is 9.55 Å². The van der Waals surface area contributed by atoms with Crippen molar-refractivity contribution in [1.82, 2.24) is 9.55 Å². The molecule has 5 rings (SSSR count). The van der Waals surface area contributed by atoms with Gasteiger partial charge in [0.25, 0.3) is 0 Å². The quantitative estimate of drug-likeness (QED) is 0.352. The number of nitrogens with zero attached hydrogens (tertiary/aromatic N) is 3. The molecule has 0 aliphatic carbocycles. The maximum absolute atomic E-state index is 13.1. The average Bonchev–Trinajstić information content (AvgIpc) is 3.08. The molecule has 0 bridgehead atoms. The predicted octanol–water partition coefficient (Wildman–Crippen LogP) is 4.48. The molecule has 26 heavy (non-hydrogen) atoms. The lowest BCUT2D eigenvalue weighted by atomic mass is 10.1. The van der Waals surface area contributed by atoms with Crippen molar-refractivity contribution >= 4 is 21.8 Å². The van der Waals surface area contributed by atoms with Crippen molar-refractivity contribution in [2.75, 3.05) is 0 Å². The van der Waals surface area contributed by atoms with Crippen LogP contribution in [0.3, 0.4) is 0 Å². The van der Waals surface area contributed by atoms with Gasteiger partial charge in [0.2, 0.25) is 11.2 Å². The van der Waals surface area contributed by atoms with Crippen LogP contribution in [-0.2, 0) is 0 Å². The largest absolute Gasteiger partial charge is 0.618 e. The lowest BCUT2D eigenvalue weighted by Gasteiger charge is -2.11. The number of pyridine rings is 2. The third-order valence-corrected chi connectivity index (χ3v) is 4.65. The molecule has 0 fully saturated rings. The first-order valence-electron chi connectivity index (χ1n) is 8.46. The highest BCUT2D eigenvalue weighted by Crippen LogP contribution is 2.30. The number of hydrogen-bond donors (Lipinski definition) is 0. The SMILES string of the molecule is [O-][n+]1c(-c2cc3ccccc3n2-c2ccccn2)ccc2ccccc21. The molecular formula is C22H15N3O.